The van der Waals surface area contributed by atoms with Crippen molar-refractivity contribution in [3.05, 3.63) is 52.9 Å². The van der Waals surface area contributed by atoms with Crippen LogP contribution in [0.15, 0.2) is 46.7 Å². The number of nitrogens with zero attached hydrogens (tertiary/aromatic N) is 1. The van der Waals surface area contributed by atoms with Crippen molar-refractivity contribution in [3.8, 4) is 0 Å². The Morgan fingerprint density at radius 2 is 1.78 bits per heavy atom. The Labute approximate surface area is 165 Å². The average molecular weight is 407 g/mol. The molecule has 0 spiro atoms. The fourth-order valence-corrected chi connectivity index (χ4v) is 6.24. The molecule has 7 heteroatoms. The lowest BCUT2D eigenvalue weighted by atomic mass is 10.1. The number of carbonyl (C=O) groups excluding carboxylic acids is 1. The molecular weight excluding hydrogens is 380 g/mol. The summed E-state index contributed by atoms with van der Waals surface area (Å²) in [5.41, 5.74) is 1.26. The smallest absolute Gasteiger partial charge is 0.252 e. The van der Waals surface area contributed by atoms with E-state index in [-0.39, 0.29) is 12.3 Å². The summed E-state index contributed by atoms with van der Waals surface area (Å²) in [6.07, 6.45) is 4.97. The van der Waals surface area contributed by atoms with E-state index in [0.29, 0.717) is 23.8 Å². The highest BCUT2D eigenvalue weighted by Gasteiger charge is 2.27. The molecule has 27 heavy (non-hydrogen) atoms. The molecular formula is C20H26N2O3S2. The van der Waals surface area contributed by atoms with Crippen LogP contribution in [0, 0.1) is 0 Å². The first-order chi connectivity index (χ1) is 13.1. The molecule has 0 atom stereocenters. The van der Waals surface area contributed by atoms with Gasteiger partial charge in [0.15, 0.2) is 0 Å². The van der Waals surface area contributed by atoms with Gasteiger partial charge in [-0.15, -0.1) is 11.3 Å². The van der Waals surface area contributed by atoms with E-state index in [4.69, 9.17) is 0 Å². The predicted octanol–water partition coefficient (Wildman–Crippen LogP) is 3.21. The topological polar surface area (TPSA) is 66.5 Å². The summed E-state index contributed by atoms with van der Waals surface area (Å²) in [4.78, 5) is 12.9. The van der Waals surface area contributed by atoms with Crippen LogP contribution in [0.3, 0.4) is 0 Å². The molecule has 0 bridgehead atoms. The van der Waals surface area contributed by atoms with E-state index in [0.717, 1.165) is 37.0 Å². The van der Waals surface area contributed by atoms with Gasteiger partial charge in [0.2, 0.25) is 5.91 Å². The van der Waals surface area contributed by atoms with Gasteiger partial charge in [-0.2, -0.15) is 4.31 Å². The minimum Gasteiger partial charge on any atom is -0.356 e. The van der Waals surface area contributed by atoms with Crippen LogP contribution >= 0.6 is 11.3 Å². The molecule has 0 aliphatic carbocycles. The van der Waals surface area contributed by atoms with Crippen LogP contribution in [0.2, 0.25) is 0 Å². The molecule has 1 N–H and O–H groups in total. The Kier molecular flexibility index (Phi) is 7.04. The monoisotopic (exact) mass is 406 g/mol. The van der Waals surface area contributed by atoms with Crippen LogP contribution in [-0.4, -0.2) is 38.3 Å². The summed E-state index contributed by atoms with van der Waals surface area (Å²) in [5, 5.41) is 2.92. The van der Waals surface area contributed by atoms with Crippen molar-refractivity contribution in [2.24, 2.45) is 0 Å². The molecule has 1 fully saturated rings. The van der Waals surface area contributed by atoms with E-state index in [1.54, 1.807) is 16.4 Å². The first kappa shape index (κ1) is 20.0. The van der Waals surface area contributed by atoms with Crippen molar-refractivity contribution >= 4 is 27.3 Å². The van der Waals surface area contributed by atoms with Crippen LogP contribution < -0.4 is 5.32 Å². The normalized spacial score (nSPS) is 15.6. The Bertz CT molecular complexity index is 841. The van der Waals surface area contributed by atoms with E-state index >= 15 is 0 Å². The Morgan fingerprint density at radius 3 is 2.52 bits per heavy atom. The summed E-state index contributed by atoms with van der Waals surface area (Å²) >= 11 is 1.21. The number of piperidine rings is 1. The molecule has 1 aromatic heterocycles. The Hall–Kier alpha value is -1.70. The summed E-state index contributed by atoms with van der Waals surface area (Å²) in [6, 6.07) is 13.6. The van der Waals surface area contributed by atoms with Gasteiger partial charge in [-0.1, -0.05) is 36.8 Å². The number of hydrogen-bond donors (Lipinski definition) is 1. The summed E-state index contributed by atoms with van der Waals surface area (Å²) in [7, 11) is -3.41. The maximum atomic E-state index is 12.7. The zero-order valence-electron chi connectivity index (χ0n) is 15.4. The molecule has 1 aliphatic rings. The zero-order valence-corrected chi connectivity index (χ0v) is 17.0. The van der Waals surface area contributed by atoms with Crippen LogP contribution in [0.1, 0.15) is 36.1 Å². The highest BCUT2D eigenvalue weighted by Crippen LogP contribution is 2.27. The van der Waals surface area contributed by atoms with E-state index in [1.165, 1.54) is 16.9 Å². The molecule has 1 aliphatic heterocycles. The third kappa shape index (κ3) is 5.64. The van der Waals surface area contributed by atoms with Crippen molar-refractivity contribution < 1.29 is 13.2 Å². The second-order valence-electron chi connectivity index (χ2n) is 6.80. The SMILES string of the molecule is O=C(Cc1ccc(S(=O)(=O)N2CCCCC2)s1)NCCCc1ccccc1. The minimum atomic E-state index is -3.41. The first-order valence-corrected chi connectivity index (χ1v) is 11.7. The van der Waals surface area contributed by atoms with Gasteiger partial charge in [0, 0.05) is 24.5 Å². The number of aryl methyl sites for hydroxylation is 1. The van der Waals surface area contributed by atoms with Gasteiger partial charge >= 0.3 is 0 Å². The van der Waals surface area contributed by atoms with Crippen LogP contribution in [0.4, 0.5) is 0 Å². The molecule has 1 aromatic carbocycles. The van der Waals surface area contributed by atoms with Gasteiger partial charge in [0.1, 0.15) is 4.21 Å². The largest absolute Gasteiger partial charge is 0.356 e. The number of sulfonamides is 1. The van der Waals surface area contributed by atoms with Crippen LogP contribution in [0.25, 0.3) is 0 Å². The van der Waals surface area contributed by atoms with Gasteiger partial charge < -0.3 is 5.32 Å². The van der Waals surface area contributed by atoms with Gasteiger partial charge in [0.25, 0.3) is 10.0 Å². The minimum absolute atomic E-state index is 0.0631. The Morgan fingerprint density at radius 1 is 1.04 bits per heavy atom. The summed E-state index contributed by atoms with van der Waals surface area (Å²) in [5.74, 6) is -0.0631. The second kappa shape index (κ2) is 9.48. The lowest BCUT2D eigenvalue weighted by molar-refractivity contribution is -0.120. The second-order valence-corrected chi connectivity index (χ2v) is 10.1. The number of thiophene rings is 1. The third-order valence-electron chi connectivity index (χ3n) is 4.69. The number of amides is 1. The van der Waals surface area contributed by atoms with Crippen molar-refractivity contribution in [3.63, 3.8) is 0 Å². The molecule has 2 heterocycles. The quantitative estimate of drug-likeness (QED) is 0.685. The van der Waals surface area contributed by atoms with E-state index in [9.17, 15) is 13.2 Å². The maximum Gasteiger partial charge on any atom is 0.252 e. The predicted molar refractivity (Wildman–Crippen MR) is 108 cm³/mol. The molecule has 2 aromatic rings. The zero-order chi connectivity index (χ0) is 19.1. The van der Waals surface area contributed by atoms with E-state index < -0.39 is 10.0 Å². The molecule has 1 amide bonds. The van der Waals surface area contributed by atoms with Gasteiger partial charge in [-0.3, -0.25) is 4.79 Å². The number of carbonyl (C=O) groups is 1. The fraction of sp³-hybridized carbons (Fsp3) is 0.450. The maximum absolute atomic E-state index is 12.7. The molecule has 0 radical (unpaired) electrons. The van der Waals surface area contributed by atoms with Crippen LogP contribution in [0.5, 0.6) is 0 Å². The van der Waals surface area contributed by atoms with Crippen molar-refractivity contribution in [1.82, 2.24) is 9.62 Å². The van der Waals surface area contributed by atoms with Gasteiger partial charge in [-0.05, 0) is 43.4 Å². The van der Waals surface area contributed by atoms with Crippen LogP contribution in [-0.2, 0) is 27.7 Å². The van der Waals surface area contributed by atoms with Crippen molar-refractivity contribution in [1.29, 1.82) is 0 Å². The highest BCUT2D eigenvalue weighted by molar-refractivity contribution is 7.91. The molecule has 3 rings (SSSR count). The van der Waals surface area contributed by atoms with Gasteiger partial charge in [-0.25, -0.2) is 8.42 Å². The van der Waals surface area contributed by atoms with Crippen molar-refractivity contribution in [2.75, 3.05) is 19.6 Å². The Balaban J connectivity index is 1.46. The number of hydrogen-bond acceptors (Lipinski definition) is 4. The highest BCUT2D eigenvalue weighted by atomic mass is 32.2. The summed E-state index contributed by atoms with van der Waals surface area (Å²) in [6.45, 7) is 1.81. The summed E-state index contributed by atoms with van der Waals surface area (Å²) < 4.78 is 27.2. The standard InChI is InChI=1S/C20H26N2O3S2/c23-19(21-13-7-10-17-8-3-1-4-9-17)16-18-11-12-20(26-18)27(24,25)22-14-5-2-6-15-22/h1,3-4,8-9,11-12H,2,5-7,10,13-16H2,(H,21,23). The number of benzene rings is 1. The van der Waals surface area contributed by atoms with E-state index in [2.05, 4.69) is 17.4 Å². The lowest BCUT2D eigenvalue weighted by Crippen LogP contribution is -2.35. The third-order valence-corrected chi connectivity index (χ3v) is 8.14. The molecule has 0 unspecified atom stereocenters. The van der Waals surface area contributed by atoms with Crippen molar-refractivity contribution in [2.45, 2.75) is 42.7 Å². The fourth-order valence-electron chi connectivity index (χ4n) is 3.21. The molecule has 5 nitrogen and oxygen atoms in total. The average Bonchev–Trinajstić information content (AvgIpc) is 3.16. The number of rotatable bonds is 8. The number of nitrogens with one attached hydrogen (secondary N) is 1. The lowest BCUT2D eigenvalue weighted by Gasteiger charge is -2.25. The molecule has 1 saturated heterocycles. The molecule has 0 saturated carbocycles. The first-order valence-electron chi connectivity index (χ1n) is 9.45. The van der Waals surface area contributed by atoms with E-state index in [1.807, 2.05) is 18.2 Å². The molecule has 146 valence electrons. The van der Waals surface area contributed by atoms with Gasteiger partial charge in [0.05, 0.1) is 6.42 Å².